The molecule has 2 rings (SSSR count). The third-order valence-electron chi connectivity index (χ3n) is 2.10. The summed E-state index contributed by atoms with van der Waals surface area (Å²) >= 11 is 0. The lowest BCUT2D eigenvalue weighted by molar-refractivity contribution is 0.768. The molecule has 0 aliphatic heterocycles. The maximum Gasteiger partial charge on any atom is 0.0618 e. The first kappa shape index (κ1) is 8.90. The third kappa shape index (κ3) is 1.52. The number of rotatable bonds is 2. The van der Waals surface area contributed by atoms with Crippen LogP contribution in [0.2, 0.25) is 0 Å². The topological polar surface area (TPSA) is 56.7 Å². The van der Waals surface area contributed by atoms with Gasteiger partial charge in [0, 0.05) is 37.1 Å². The SMILES string of the molecule is Cn1cc(-c2cccnc2CN)cn1. The molecule has 0 atom stereocenters. The summed E-state index contributed by atoms with van der Waals surface area (Å²) in [5.74, 6) is 0. The largest absolute Gasteiger partial charge is 0.325 e. The molecule has 4 heteroatoms. The lowest BCUT2D eigenvalue weighted by atomic mass is 10.1. The van der Waals surface area contributed by atoms with Crippen molar-refractivity contribution in [1.82, 2.24) is 14.8 Å². The molecular weight excluding hydrogens is 176 g/mol. The molecule has 0 aromatic carbocycles. The zero-order valence-electron chi connectivity index (χ0n) is 8.01. The van der Waals surface area contributed by atoms with E-state index in [2.05, 4.69) is 10.1 Å². The lowest BCUT2D eigenvalue weighted by Gasteiger charge is -2.02. The van der Waals surface area contributed by atoms with Crippen molar-refractivity contribution in [2.75, 3.05) is 0 Å². The van der Waals surface area contributed by atoms with E-state index in [0.717, 1.165) is 16.8 Å². The van der Waals surface area contributed by atoms with Gasteiger partial charge in [-0.05, 0) is 6.07 Å². The zero-order valence-corrected chi connectivity index (χ0v) is 8.01. The second kappa shape index (κ2) is 3.59. The highest BCUT2D eigenvalue weighted by atomic mass is 15.2. The summed E-state index contributed by atoms with van der Waals surface area (Å²) in [6.45, 7) is 0.449. The first-order valence-corrected chi connectivity index (χ1v) is 4.44. The van der Waals surface area contributed by atoms with E-state index in [1.807, 2.05) is 31.6 Å². The molecule has 0 fully saturated rings. The summed E-state index contributed by atoms with van der Waals surface area (Å²) in [6.07, 6.45) is 5.52. The second-order valence-electron chi connectivity index (χ2n) is 3.10. The summed E-state index contributed by atoms with van der Waals surface area (Å²) in [5.41, 5.74) is 8.62. The van der Waals surface area contributed by atoms with Gasteiger partial charge < -0.3 is 5.73 Å². The van der Waals surface area contributed by atoms with Crippen LogP contribution in [0.3, 0.4) is 0 Å². The number of hydrogen-bond donors (Lipinski definition) is 1. The highest BCUT2D eigenvalue weighted by Crippen LogP contribution is 2.20. The van der Waals surface area contributed by atoms with Gasteiger partial charge in [-0.3, -0.25) is 9.67 Å². The summed E-state index contributed by atoms with van der Waals surface area (Å²) in [4.78, 5) is 4.22. The molecule has 0 aliphatic rings. The predicted octanol–water partition coefficient (Wildman–Crippen LogP) is 0.941. The maximum absolute atomic E-state index is 5.61. The van der Waals surface area contributed by atoms with Gasteiger partial charge in [0.1, 0.15) is 0 Å². The average Bonchev–Trinajstić information content (AvgIpc) is 2.65. The molecule has 0 amide bonds. The van der Waals surface area contributed by atoms with Crippen molar-refractivity contribution in [3.8, 4) is 11.1 Å². The standard InChI is InChI=1S/C10H12N4/c1-14-7-8(6-13-14)9-3-2-4-12-10(9)5-11/h2-4,6-7H,5,11H2,1H3. The Labute approximate surface area is 82.4 Å². The Balaban J connectivity index is 2.50. The quantitative estimate of drug-likeness (QED) is 0.763. The number of nitrogens with zero attached hydrogens (tertiary/aromatic N) is 3. The molecular formula is C10H12N4. The Morgan fingerprint density at radius 1 is 1.50 bits per heavy atom. The van der Waals surface area contributed by atoms with Crippen molar-refractivity contribution in [3.05, 3.63) is 36.4 Å². The monoisotopic (exact) mass is 188 g/mol. The van der Waals surface area contributed by atoms with Crippen LogP contribution in [0.1, 0.15) is 5.69 Å². The molecule has 14 heavy (non-hydrogen) atoms. The van der Waals surface area contributed by atoms with E-state index in [1.165, 1.54) is 0 Å². The van der Waals surface area contributed by atoms with Crippen molar-refractivity contribution in [2.45, 2.75) is 6.54 Å². The molecule has 4 nitrogen and oxygen atoms in total. The molecule has 2 N–H and O–H groups in total. The van der Waals surface area contributed by atoms with Crippen molar-refractivity contribution in [3.63, 3.8) is 0 Å². The van der Waals surface area contributed by atoms with Crippen LogP contribution < -0.4 is 5.73 Å². The molecule has 0 saturated heterocycles. The van der Waals surface area contributed by atoms with Gasteiger partial charge in [0.05, 0.1) is 11.9 Å². The van der Waals surface area contributed by atoms with Crippen LogP contribution in [0, 0.1) is 0 Å². The third-order valence-corrected chi connectivity index (χ3v) is 2.10. The van der Waals surface area contributed by atoms with E-state index in [-0.39, 0.29) is 0 Å². The van der Waals surface area contributed by atoms with Gasteiger partial charge >= 0.3 is 0 Å². The minimum atomic E-state index is 0.449. The minimum absolute atomic E-state index is 0.449. The molecule has 0 saturated carbocycles. The highest BCUT2D eigenvalue weighted by Gasteiger charge is 2.05. The fourth-order valence-corrected chi connectivity index (χ4v) is 1.42. The Morgan fingerprint density at radius 2 is 2.36 bits per heavy atom. The predicted molar refractivity (Wildman–Crippen MR) is 54.3 cm³/mol. The van der Waals surface area contributed by atoms with Gasteiger partial charge in [0.25, 0.3) is 0 Å². The molecule has 2 aromatic heterocycles. The summed E-state index contributed by atoms with van der Waals surface area (Å²) in [7, 11) is 1.89. The Morgan fingerprint density at radius 3 is 3.00 bits per heavy atom. The molecule has 72 valence electrons. The van der Waals surface area contributed by atoms with Crippen LogP contribution in [-0.2, 0) is 13.6 Å². The molecule has 0 aliphatic carbocycles. The molecule has 2 aromatic rings. The van der Waals surface area contributed by atoms with Crippen LogP contribution in [0.5, 0.6) is 0 Å². The highest BCUT2D eigenvalue weighted by molar-refractivity contribution is 5.64. The van der Waals surface area contributed by atoms with E-state index < -0.39 is 0 Å². The normalized spacial score (nSPS) is 10.4. The number of aryl methyl sites for hydroxylation is 1. The minimum Gasteiger partial charge on any atom is -0.325 e. The Hall–Kier alpha value is -1.68. The summed E-state index contributed by atoms with van der Waals surface area (Å²) in [6, 6.07) is 3.91. The molecule has 0 radical (unpaired) electrons. The van der Waals surface area contributed by atoms with Crippen LogP contribution in [0.25, 0.3) is 11.1 Å². The number of nitrogens with two attached hydrogens (primary N) is 1. The molecule has 0 unspecified atom stereocenters. The Kier molecular flexibility index (Phi) is 2.28. The van der Waals surface area contributed by atoms with Gasteiger partial charge in [0.2, 0.25) is 0 Å². The van der Waals surface area contributed by atoms with Gasteiger partial charge in [-0.2, -0.15) is 5.10 Å². The van der Waals surface area contributed by atoms with E-state index >= 15 is 0 Å². The smallest absolute Gasteiger partial charge is 0.0618 e. The van der Waals surface area contributed by atoms with E-state index in [0.29, 0.717) is 6.54 Å². The zero-order chi connectivity index (χ0) is 9.97. The fraction of sp³-hybridized carbons (Fsp3) is 0.200. The van der Waals surface area contributed by atoms with Gasteiger partial charge in [-0.1, -0.05) is 6.07 Å². The number of hydrogen-bond acceptors (Lipinski definition) is 3. The first-order valence-electron chi connectivity index (χ1n) is 4.44. The van der Waals surface area contributed by atoms with Crippen molar-refractivity contribution < 1.29 is 0 Å². The van der Waals surface area contributed by atoms with Crippen LogP contribution >= 0.6 is 0 Å². The van der Waals surface area contributed by atoms with Crippen molar-refractivity contribution in [2.24, 2.45) is 12.8 Å². The van der Waals surface area contributed by atoms with Crippen LogP contribution in [-0.4, -0.2) is 14.8 Å². The van der Waals surface area contributed by atoms with Crippen LogP contribution in [0.4, 0.5) is 0 Å². The summed E-state index contributed by atoms with van der Waals surface area (Å²) < 4.78 is 1.77. The maximum atomic E-state index is 5.61. The molecule has 2 heterocycles. The van der Waals surface area contributed by atoms with Gasteiger partial charge in [-0.15, -0.1) is 0 Å². The van der Waals surface area contributed by atoms with Gasteiger partial charge in [0.15, 0.2) is 0 Å². The van der Waals surface area contributed by atoms with Gasteiger partial charge in [-0.25, -0.2) is 0 Å². The fourth-order valence-electron chi connectivity index (χ4n) is 1.42. The lowest BCUT2D eigenvalue weighted by Crippen LogP contribution is -2.01. The summed E-state index contributed by atoms with van der Waals surface area (Å²) in [5, 5.41) is 4.12. The number of pyridine rings is 1. The average molecular weight is 188 g/mol. The second-order valence-corrected chi connectivity index (χ2v) is 3.10. The van der Waals surface area contributed by atoms with Crippen molar-refractivity contribution >= 4 is 0 Å². The van der Waals surface area contributed by atoms with E-state index in [4.69, 9.17) is 5.73 Å². The Bertz CT molecular complexity index is 433. The first-order chi connectivity index (χ1) is 6.81. The molecule has 0 bridgehead atoms. The van der Waals surface area contributed by atoms with Crippen molar-refractivity contribution in [1.29, 1.82) is 0 Å². The van der Waals surface area contributed by atoms with E-state index in [9.17, 15) is 0 Å². The van der Waals surface area contributed by atoms with Crippen LogP contribution in [0.15, 0.2) is 30.7 Å². The van der Waals surface area contributed by atoms with E-state index in [1.54, 1.807) is 10.9 Å². The molecule has 0 spiro atoms. The number of aromatic nitrogens is 3.